The van der Waals surface area contributed by atoms with Crippen LogP contribution < -0.4 is 5.32 Å². The normalized spacial score (nSPS) is 31.9. The molecule has 2 heteroatoms. The molecule has 0 bridgehead atoms. The zero-order valence-corrected chi connectivity index (χ0v) is 11.0. The van der Waals surface area contributed by atoms with Gasteiger partial charge < -0.3 is 5.32 Å². The molecule has 2 unspecified atom stereocenters. The second-order valence-electron chi connectivity index (χ2n) is 5.76. The highest BCUT2D eigenvalue weighted by Crippen LogP contribution is 2.34. The number of unbranched alkanes of at least 4 members (excludes halogenated alkanes) is 3. The molecule has 1 aliphatic carbocycles. The lowest BCUT2D eigenvalue weighted by Crippen LogP contribution is -2.56. The fraction of sp³-hybridized carbons (Fsp3) is 1.00. The first-order valence-electron chi connectivity index (χ1n) is 7.28. The number of piperazine rings is 1. The molecule has 1 saturated heterocycles. The van der Waals surface area contributed by atoms with Crippen molar-refractivity contribution in [2.45, 2.75) is 64.5 Å². The van der Waals surface area contributed by atoms with Gasteiger partial charge in [0.05, 0.1) is 0 Å². The van der Waals surface area contributed by atoms with Crippen molar-refractivity contribution >= 4 is 0 Å². The van der Waals surface area contributed by atoms with Crippen LogP contribution in [0.15, 0.2) is 0 Å². The van der Waals surface area contributed by atoms with Crippen LogP contribution in [0.2, 0.25) is 0 Å². The first kappa shape index (κ1) is 12.4. The van der Waals surface area contributed by atoms with E-state index in [2.05, 4.69) is 24.1 Å². The van der Waals surface area contributed by atoms with Crippen molar-refractivity contribution in [1.29, 1.82) is 0 Å². The van der Waals surface area contributed by atoms with Crippen LogP contribution in [0.25, 0.3) is 0 Å². The van der Waals surface area contributed by atoms with Crippen molar-refractivity contribution in [3.63, 3.8) is 0 Å². The summed E-state index contributed by atoms with van der Waals surface area (Å²) in [6, 6.07) is 1.55. The largest absolute Gasteiger partial charge is 0.311 e. The van der Waals surface area contributed by atoms with Gasteiger partial charge in [-0.3, -0.25) is 4.90 Å². The van der Waals surface area contributed by atoms with E-state index in [1.807, 2.05) is 0 Å². The molecular weight excluding hydrogens is 196 g/mol. The zero-order chi connectivity index (χ0) is 11.4. The molecule has 1 heterocycles. The topological polar surface area (TPSA) is 15.3 Å². The monoisotopic (exact) mass is 224 g/mol. The van der Waals surface area contributed by atoms with E-state index >= 15 is 0 Å². The van der Waals surface area contributed by atoms with E-state index in [0.29, 0.717) is 0 Å². The Bertz CT molecular complexity index is 201. The maximum absolute atomic E-state index is 3.72. The summed E-state index contributed by atoms with van der Waals surface area (Å²) < 4.78 is 0. The first-order chi connectivity index (χ1) is 7.81. The second kappa shape index (κ2) is 6.02. The average Bonchev–Trinajstić information content (AvgIpc) is 3.10. The molecule has 0 aromatic rings. The quantitative estimate of drug-likeness (QED) is 0.698. The Balaban J connectivity index is 1.68. The minimum Gasteiger partial charge on any atom is -0.311 e. The molecule has 2 nitrogen and oxygen atoms in total. The van der Waals surface area contributed by atoms with Gasteiger partial charge in [0.2, 0.25) is 0 Å². The van der Waals surface area contributed by atoms with E-state index in [4.69, 9.17) is 0 Å². The van der Waals surface area contributed by atoms with Crippen LogP contribution in [-0.4, -0.2) is 36.6 Å². The number of nitrogens with one attached hydrogen (secondary N) is 1. The summed E-state index contributed by atoms with van der Waals surface area (Å²) in [6.07, 6.45) is 8.51. The van der Waals surface area contributed by atoms with Crippen LogP contribution in [0.3, 0.4) is 0 Å². The van der Waals surface area contributed by atoms with E-state index in [1.165, 1.54) is 58.2 Å². The Morgan fingerprint density at radius 3 is 2.69 bits per heavy atom. The molecule has 0 amide bonds. The maximum Gasteiger partial charge on any atom is 0.0224 e. The van der Waals surface area contributed by atoms with Crippen molar-refractivity contribution in [3.8, 4) is 0 Å². The maximum atomic E-state index is 3.72. The molecule has 1 N–H and O–H groups in total. The fourth-order valence-corrected chi connectivity index (χ4v) is 2.82. The van der Waals surface area contributed by atoms with Crippen LogP contribution >= 0.6 is 0 Å². The van der Waals surface area contributed by atoms with Crippen LogP contribution in [0.4, 0.5) is 0 Å². The Hall–Kier alpha value is -0.0800. The summed E-state index contributed by atoms with van der Waals surface area (Å²) in [4.78, 5) is 2.72. The lowest BCUT2D eigenvalue weighted by atomic mass is 10.1. The van der Waals surface area contributed by atoms with Gasteiger partial charge in [0.15, 0.2) is 0 Å². The van der Waals surface area contributed by atoms with Gasteiger partial charge >= 0.3 is 0 Å². The van der Waals surface area contributed by atoms with Crippen LogP contribution in [0, 0.1) is 5.92 Å². The van der Waals surface area contributed by atoms with Gasteiger partial charge in [-0.05, 0) is 38.6 Å². The Kier molecular flexibility index (Phi) is 4.66. The van der Waals surface area contributed by atoms with Crippen LogP contribution in [0.5, 0.6) is 0 Å². The predicted molar refractivity (Wildman–Crippen MR) is 69.7 cm³/mol. The molecule has 2 fully saturated rings. The van der Waals surface area contributed by atoms with Crippen molar-refractivity contribution in [2.75, 3.05) is 19.6 Å². The molecular formula is C14H28N2. The van der Waals surface area contributed by atoms with E-state index in [0.717, 1.165) is 18.0 Å². The van der Waals surface area contributed by atoms with Gasteiger partial charge in [-0.2, -0.15) is 0 Å². The van der Waals surface area contributed by atoms with Gasteiger partial charge in [0, 0.05) is 25.2 Å². The molecule has 0 aromatic carbocycles. The molecule has 1 aliphatic heterocycles. The number of hydrogen-bond donors (Lipinski definition) is 1. The molecule has 2 aliphatic rings. The highest BCUT2D eigenvalue weighted by Gasteiger charge is 2.35. The zero-order valence-electron chi connectivity index (χ0n) is 11.0. The number of rotatable bonds is 6. The molecule has 1 saturated carbocycles. The lowest BCUT2D eigenvalue weighted by molar-refractivity contribution is 0.130. The van der Waals surface area contributed by atoms with Crippen LogP contribution in [0.1, 0.15) is 52.4 Å². The fourth-order valence-electron chi connectivity index (χ4n) is 2.82. The highest BCUT2D eigenvalue weighted by atomic mass is 15.2. The average molecular weight is 224 g/mol. The number of hydrogen-bond acceptors (Lipinski definition) is 2. The summed E-state index contributed by atoms with van der Waals surface area (Å²) in [5.74, 6) is 1.01. The number of nitrogens with zero attached hydrogens (tertiary/aromatic N) is 1. The van der Waals surface area contributed by atoms with Crippen LogP contribution in [-0.2, 0) is 0 Å². The second-order valence-corrected chi connectivity index (χ2v) is 5.76. The predicted octanol–water partition coefficient (Wildman–Crippen LogP) is 2.64. The summed E-state index contributed by atoms with van der Waals surface area (Å²) in [5.41, 5.74) is 0. The molecule has 94 valence electrons. The third-order valence-corrected chi connectivity index (χ3v) is 4.22. The van der Waals surface area contributed by atoms with Gasteiger partial charge in [0.1, 0.15) is 0 Å². The smallest absolute Gasteiger partial charge is 0.0224 e. The highest BCUT2D eigenvalue weighted by molar-refractivity contribution is 4.93. The molecule has 0 spiro atoms. The van der Waals surface area contributed by atoms with E-state index in [-0.39, 0.29) is 0 Å². The minimum atomic E-state index is 0.747. The van der Waals surface area contributed by atoms with Crippen molar-refractivity contribution in [2.24, 2.45) is 5.92 Å². The van der Waals surface area contributed by atoms with Crippen molar-refractivity contribution < 1.29 is 0 Å². The third-order valence-electron chi connectivity index (χ3n) is 4.22. The van der Waals surface area contributed by atoms with Gasteiger partial charge in [-0.25, -0.2) is 0 Å². The summed E-state index contributed by atoms with van der Waals surface area (Å²) >= 11 is 0. The minimum absolute atomic E-state index is 0.747. The summed E-state index contributed by atoms with van der Waals surface area (Å²) in [5, 5.41) is 3.72. The molecule has 16 heavy (non-hydrogen) atoms. The molecule has 0 aromatic heterocycles. The van der Waals surface area contributed by atoms with E-state index < -0.39 is 0 Å². The standard InChI is InChI=1S/C14H28N2/c1-3-4-5-6-9-16-11-14(13-7-8-13)15-10-12(16)2/h12-15H,3-11H2,1-2H3. The van der Waals surface area contributed by atoms with Crippen molar-refractivity contribution in [1.82, 2.24) is 10.2 Å². The Morgan fingerprint density at radius 2 is 2.00 bits per heavy atom. The lowest BCUT2D eigenvalue weighted by Gasteiger charge is -2.39. The van der Waals surface area contributed by atoms with E-state index in [1.54, 1.807) is 0 Å². The summed E-state index contributed by atoms with van der Waals surface area (Å²) in [6.45, 7) is 8.49. The van der Waals surface area contributed by atoms with Crippen molar-refractivity contribution in [3.05, 3.63) is 0 Å². The third kappa shape index (κ3) is 3.46. The van der Waals surface area contributed by atoms with E-state index in [9.17, 15) is 0 Å². The van der Waals surface area contributed by atoms with Gasteiger partial charge in [0.25, 0.3) is 0 Å². The Labute approximate surface area is 101 Å². The summed E-state index contributed by atoms with van der Waals surface area (Å²) in [7, 11) is 0. The first-order valence-corrected chi connectivity index (χ1v) is 7.28. The molecule has 2 atom stereocenters. The SMILES string of the molecule is CCCCCCN1CC(C2CC2)NCC1C. The Morgan fingerprint density at radius 1 is 1.19 bits per heavy atom. The molecule has 0 radical (unpaired) electrons. The molecule has 2 rings (SSSR count). The van der Waals surface area contributed by atoms with Gasteiger partial charge in [-0.1, -0.05) is 26.2 Å². The van der Waals surface area contributed by atoms with Gasteiger partial charge in [-0.15, -0.1) is 0 Å².